The van der Waals surface area contributed by atoms with Crippen molar-refractivity contribution in [3.05, 3.63) is 121 Å². The van der Waals surface area contributed by atoms with E-state index in [1.165, 1.54) is 12.7 Å². The van der Waals surface area contributed by atoms with Gasteiger partial charge in [-0.25, -0.2) is 19.6 Å². The Hall–Kier alpha value is -6.08. The third-order valence-electron chi connectivity index (χ3n) is 12.3. The molecular weight excluding hydrogens is 799 g/mol. The molecule has 0 radical (unpaired) electrons. The molecule has 6 aromatic rings. The first-order valence-electron chi connectivity index (χ1n) is 21.4. The van der Waals surface area contributed by atoms with Crippen molar-refractivity contribution >= 4 is 40.6 Å². The number of aromatic amines is 2. The second-order valence-electron chi connectivity index (χ2n) is 18.3. The first-order valence-corrected chi connectivity index (χ1v) is 22.3. The van der Waals surface area contributed by atoms with Gasteiger partial charge in [0.05, 0.1) is 36.9 Å². The second kappa shape index (κ2) is 16.3. The highest BCUT2D eigenvalue weighted by Crippen LogP contribution is 2.58. The first kappa shape index (κ1) is 41.3. The Labute approximate surface area is 366 Å². The number of nitrogens with one attached hydrogen (secondary N) is 3. The van der Waals surface area contributed by atoms with Crippen LogP contribution in [0.4, 0.5) is 9.59 Å². The number of fused-ring (bicyclic) bond motifs is 1. The standard InChI is InChI=1S/C49H53N7O5S/c1-29(2)41(54-46(58)60-6)44(57)56-28-49(20-21-49)24-39(56)42-50-26-38(52-42)36-19-18-34-22-33(16-17-35(34)23-36)30-12-14-31(15-13-30)37-25-51-43(53-37)45-55(47(59)61-48(3,4)5)27-40(62-45)32-10-8-7-9-11-32/h7-19,22-23,25-26,29,39-41,45H,20-21,24,27-28H2,1-6H3,(H,50,52)(H,51,53)(H,54,58)/t39-,40+,41-,45-/m0/s1. The summed E-state index contributed by atoms with van der Waals surface area (Å²) in [6.45, 7) is 10.7. The van der Waals surface area contributed by atoms with Crippen molar-refractivity contribution in [2.75, 3.05) is 20.2 Å². The van der Waals surface area contributed by atoms with Gasteiger partial charge in [0.1, 0.15) is 28.7 Å². The molecule has 4 heterocycles. The molecule has 1 spiro atoms. The van der Waals surface area contributed by atoms with Crippen LogP contribution < -0.4 is 5.32 Å². The number of thioether (sulfide) groups is 1. The Kier molecular flexibility index (Phi) is 10.9. The maximum Gasteiger partial charge on any atom is 0.411 e. The lowest BCUT2D eigenvalue weighted by molar-refractivity contribution is -0.135. The highest BCUT2D eigenvalue weighted by Gasteiger charge is 2.55. The summed E-state index contributed by atoms with van der Waals surface area (Å²) in [5.74, 6) is 1.27. The van der Waals surface area contributed by atoms with Crippen LogP contribution in [0.1, 0.15) is 87.8 Å². The Bertz CT molecular complexity index is 2610. The average molecular weight is 852 g/mol. The zero-order chi connectivity index (χ0) is 43.3. The van der Waals surface area contributed by atoms with Crippen molar-refractivity contribution in [3.8, 4) is 33.6 Å². The normalized spacial score (nSPS) is 19.9. The van der Waals surface area contributed by atoms with Crippen molar-refractivity contribution < 1.29 is 23.9 Å². The van der Waals surface area contributed by atoms with Crippen LogP contribution >= 0.6 is 11.8 Å². The molecule has 3 aliphatic rings. The molecule has 2 aromatic heterocycles. The lowest BCUT2D eigenvalue weighted by Gasteiger charge is -2.30. The number of H-pyrrole nitrogens is 2. The molecule has 3 N–H and O–H groups in total. The van der Waals surface area contributed by atoms with E-state index in [-0.39, 0.29) is 40.0 Å². The monoisotopic (exact) mass is 851 g/mol. The lowest BCUT2D eigenvalue weighted by atomic mass is 9.98. The number of methoxy groups -OCH3 is 1. The molecule has 2 aliphatic heterocycles. The highest BCUT2D eigenvalue weighted by atomic mass is 32.2. The van der Waals surface area contributed by atoms with Crippen molar-refractivity contribution in [2.45, 2.75) is 82.2 Å². The van der Waals surface area contributed by atoms with Crippen LogP contribution in [-0.4, -0.2) is 79.7 Å². The van der Waals surface area contributed by atoms with Crippen molar-refractivity contribution in [3.63, 3.8) is 0 Å². The number of amides is 3. The number of ether oxygens (including phenoxy) is 2. The van der Waals surface area contributed by atoms with E-state index in [0.717, 1.165) is 69.5 Å². The fourth-order valence-electron chi connectivity index (χ4n) is 8.75. The summed E-state index contributed by atoms with van der Waals surface area (Å²) < 4.78 is 10.6. The van der Waals surface area contributed by atoms with E-state index in [1.807, 2.05) is 70.1 Å². The number of benzene rings is 4. The van der Waals surface area contributed by atoms with E-state index in [1.54, 1.807) is 16.7 Å². The zero-order valence-corrected chi connectivity index (χ0v) is 36.8. The minimum Gasteiger partial charge on any atom is -0.453 e. The minimum absolute atomic E-state index is 0.0952. The second-order valence-corrected chi connectivity index (χ2v) is 19.6. The molecule has 13 heteroatoms. The largest absolute Gasteiger partial charge is 0.453 e. The van der Waals surface area contributed by atoms with Crippen LogP contribution in [-0.2, 0) is 14.3 Å². The number of imidazole rings is 2. The Balaban J connectivity index is 0.898. The van der Waals surface area contributed by atoms with Gasteiger partial charge < -0.3 is 29.7 Å². The maximum atomic E-state index is 13.9. The molecule has 0 unspecified atom stereocenters. The Morgan fingerprint density at radius 1 is 0.806 bits per heavy atom. The van der Waals surface area contributed by atoms with Crippen molar-refractivity contribution in [2.24, 2.45) is 11.3 Å². The van der Waals surface area contributed by atoms with Gasteiger partial charge in [-0.3, -0.25) is 9.69 Å². The van der Waals surface area contributed by atoms with E-state index in [9.17, 15) is 14.4 Å². The van der Waals surface area contributed by atoms with Crippen molar-refractivity contribution in [1.29, 1.82) is 0 Å². The van der Waals surface area contributed by atoms with Gasteiger partial charge >= 0.3 is 12.2 Å². The number of hydrogen-bond donors (Lipinski definition) is 3. The van der Waals surface area contributed by atoms with Gasteiger partial charge in [0.25, 0.3) is 0 Å². The first-order chi connectivity index (χ1) is 29.8. The maximum absolute atomic E-state index is 13.9. The van der Waals surface area contributed by atoms with Crippen LogP contribution in [0.25, 0.3) is 44.4 Å². The summed E-state index contributed by atoms with van der Waals surface area (Å²) >= 11 is 1.70. The predicted octanol–water partition coefficient (Wildman–Crippen LogP) is 10.4. The summed E-state index contributed by atoms with van der Waals surface area (Å²) in [5, 5.41) is 4.75. The Morgan fingerprint density at radius 3 is 2.08 bits per heavy atom. The smallest absolute Gasteiger partial charge is 0.411 e. The molecule has 4 atom stereocenters. The van der Waals surface area contributed by atoms with Crippen LogP contribution in [0, 0.1) is 11.3 Å². The lowest BCUT2D eigenvalue weighted by Crippen LogP contribution is -2.51. The molecule has 1 aliphatic carbocycles. The van der Waals surface area contributed by atoms with E-state index < -0.39 is 17.7 Å². The van der Waals surface area contributed by atoms with Gasteiger partial charge in [0, 0.05) is 23.9 Å². The van der Waals surface area contributed by atoms with E-state index >= 15 is 0 Å². The summed E-state index contributed by atoms with van der Waals surface area (Å²) in [6.07, 6.45) is 5.77. The third-order valence-corrected chi connectivity index (χ3v) is 13.8. The van der Waals surface area contributed by atoms with Gasteiger partial charge in [-0.15, -0.1) is 11.8 Å². The number of aromatic nitrogens is 4. The molecule has 3 fully saturated rings. The zero-order valence-electron chi connectivity index (χ0n) is 36.0. The van der Waals surface area contributed by atoms with E-state index in [4.69, 9.17) is 19.4 Å². The number of carbonyl (C=O) groups is 3. The molecule has 320 valence electrons. The summed E-state index contributed by atoms with van der Waals surface area (Å²) in [7, 11) is 1.31. The number of hydrogen-bond acceptors (Lipinski definition) is 8. The Morgan fingerprint density at radius 2 is 1.42 bits per heavy atom. The molecule has 1 saturated carbocycles. The van der Waals surface area contributed by atoms with Crippen LogP contribution in [0.5, 0.6) is 0 Å². The number of nitrogens with zero attached hydrogens (tertiary/aromatic N) is 4. The number of alkyl carbamates (subject to hydrolysis) is 1. The van der Waals surface area contributed by atoms with Crippen molar-refractivity contribution in [1.82, 2.24) is 35.1 Å². The van der Waals surface area contributed by atoms with Crippen LogP contribution in [0.3, 0.4) is 0 Å². The SMILES string of the molecule is COC(=O)N[C@H](C(=O)N1CC2(CC2)C[C@H]1c1ncc(-c2ccc3cc(-c4ccc(-c5cnc([C@@H]6S[C@@H](c7ccccc7)CN6C(=O)OC(C)(C)C)[nH]5)cc4)ccc3c2)[nH]1)C(C)C. The molecule has 3 amide bonds. The molecular formula is C49H53N7O5S. The molecule has 12 nitrogen and oxygen atoms in total. The van der Waals surface area contributed by atoms with Gasteiger partial charge in [0.2, 0.25) is 5.91 Å². The molecule has 2 saturated heterocycles. The minimum atomic E-state index is -0.684. The third kappa shape index (κ3) is 8.42. The average Bonchev–Trinajstić information content (AvgIpc) is 3.77. The predicted molar refractivity (Wildman–Crippen MR) is 242 cm³/mol. The van der Waals surface area contributed by atoms with E-state index in [2.05, 4.69) is 88.1 Å². The van der Waals surface area contributed by atoms with Gasteiger partial charge in [-0.05, 0) is 96.5 Å². The molecule has 4 aromatic carbocycles. The number of likely N-dealkylation sites (tertiary alicyclic amines) is 1. The molecule has 62 heavy (non-hydrogen) atoms. The van der Waals surface area contributed by atoms with Gasteiger partial charge in [-0.2, -0.15) is 0 Å². The van der Waals surface area contributed by atoms with Crippen LogP contribution in [0.15, 0.2) is 103 Å². The number of rotatable bonds is 9. The topological polar surface area (TPSA) is 146 Å². The molecule has 9 rings (SSSR count). The molecule has 0 bridgehead atoms. The summed E-state index contributed by atoms with van der Waals surface area (Å²) in [5.41, 5.74) is 6.66. The fourth-order valence-corrected chi connectivity index (χ4v) is 10.2. The highest BCUT2D eigenvalue weighted by molar-refractivity contribution is 8.00. The summed E-state index contributed by atoms with van der Waals surface area (Å²) in [4.78, 5) is 59.8. The number of carbonyl (C=O) groups excluding carboxylic acids is 3. The van der Waals surface area contributed by atoms with Crippen LogP contribution in [0.2, 0.25) is 0 Å². The quantitative estimate of drug-likeness (QED) is 0.130. The fraction of sp³-hybridized carbons (Fsp3) is 0.367. The van der Waals surface area contributed by atoms with Gasteiger partial charge in [0.15, 0.2) is 0 Å². The summed E-state index contributed by atoms with van der Waals surface area (Å²) in [6, 6.07) is 30.7. The van der Waals surface area contributed by atoms with Gasteiger partial charge in [-0.1, -0.05) is 92.7 Å². The van der Waals surface area contributed by atoms with E-state index in [0.29, 0.717) is 18.9 Å².